The van der Waals surface area contributed by atoms with Crippen molar-refractivity contribution in [2.45, 2.75) is 64.8 Å². The number of guanidine groups is 1. The molecule has 8 nitrogen and oxygen atoms in total. The summed E-state index contributed by atoms with van der Waals surface area (Å²) in [5.74, 6) is -1.52. The molecule has 1 saturated carbocycles. The summed E-state index contributed by atoms with van der Waals surface area (Å²) in [5, 5.41) is 12.7. The maximum absolute atomic E-state index is 12.4. The third-order valence-electron chi connectivity index (χ3n) is 4.20. The second kappa shape index (κ2) is 8.71. The molecule has 1 aliphatic carbocycles. The quantitative estimate of drug-likeness (QED) is 0.221. The van der Waals surface area contributed by atoms with E-state index in [0.717, 1.165) is 12.8 Å². The molecule has 0 saturated heterocycles. The van der Waals surface area contributed by atoms with Gasteiger partial charge in [-0.15, -0.1) is 0 Å². The van der Waals surface area contributed by atoms with Crippen LogP contribution >= 0.6 is 0 Å². The first-order valence-electron chi connectivity index (χ1n) is 8.02. The molecule has 8 heteroatoms. The van der Waals surface area contributed by atoms with E-state index in [0.29, 0.717) is 12.8 Å². The number of amides is 1. The Kier molecular flexibility index (Phi) is 7.28. The van der Waals surface area contributed by atoms with E-state index in [-0.39, 0.29) is 23.8 Å². The van der Waals surface area contributed by atoms with E-state index >= 15 is 0 Å². The lowest BCUT2D eigenvalue weighted by atomic mass is 10.0. The Balaban J connectivity index is 2.74. The van der Waals surface area contributed by atoms with Gasteiger partial charge in [0.15, 0.2) is 12.2 Å². The van der Waals surface area contributed by atoms with E-state index in [4.69, 9.17) is 16.2 Å². The molecule has 0 heterocycles. The first-order chi connectivity index (χ1) is 10.8. The minimum absolute atomic E-state index is 0.0231. The molecule has 0 aliphatic heterocycles. The fraction of sp³-hybridized carbons (Fsp3) is 0.800. The number of aliphatic imine (C=N–C) groups is 1. The smallest absolute Gasteiger partial charge is 0.313 e. The molecular formula is C15H28N4O4. The number of esters is 1. The summed E-state index contributed by atoms with van der Waals surface area (Å²) in [5.41, 5.74) is 10.7. The zero-order valence-electron chi connectivity index (χ0n) is 14.0. The van der Waals surface area contributed by atoms with Gasteiger partial charge >= 0.3 is 5.97 Å². The third-order valence-corrected chi connectivity index (χ3v) is 4.20. The molecule has 0 aromatic carbocycles. The average molecular weight is 328 g/mol. The Labute approximate surface area is 136 Å². The first-order valence-corrected chi connectivity index (χ1v) is 8.02. The molecule has 6 N–H and O–H groups in total. The number of nitrogens with two attached hydrogens (primary N) is 2. The van der Waals surface area contributed by atoms with E-state index in [1.54, 1.807) is 0 Å². The fourth-order valence-corrected chi connectivity index (χ4v) is 2.93. The monoisotopic (exact) mass is 328 g/mol. The van der Waals surface area contributed by atoms with Crippen molar-refractivity contribution in [1.82, 2.24) is 5.32 Å². The highest BCUT2D eigenvalue weighted by molar-refractivity contribution is 5.77. The van der Waals surface area contributed by atoms with Gasteiger partial charge in [0.2, 0.25) is 5.91 Å². The van der Waals surface area contributed by atoms with E-state index in [1.807, 2.05) is 13.8 Å². The molecule has 0 spiro atoms. The SMILES string of the molecule is CCC(CC)[C@@H](NC(C)=O)OC(=O)[C@H]1C[C@H](N=C(N)N)C[C@@H]1O. The number of carbonyl (C=O) groups is 2. The summed E-state index contributed by atoms with van der Waals surface area (Å²) in [6, 6.07) is -0.292. The zero-order valence-corrected chi connectivity index (χ0v) is 14.0. The Hall–Kier alpha value is -1.83. The summed E-state index contributed by atoms with van der Waals surface area (Å²) in [7, 11) is 0. The molecule has 4 atom stereocenters. The van der Waals surface area contributed by atoms with Gasteiger partial charge in [0.25, 0.3) is 0 Å². The van der Waals surface area contributed by atoms with Crippen molar-refractivity contribution in [3.63, 3.8) is 0 Å². The lowest BCUT2D eigenvalue weighted by Gasteiger charge is -2.27. The largest absolute Gasteiger partial charge is 0.441 e. The normalized spacial score (nSPS) is 25.0. The maximum atomic E-state index is 12.4. The van der Waals surface area contributed by atoms with Crippen molar-refractivity contribution in [2.24, 2.45) is 28.3 Å². The Morgan fingerprint density at radius 1 is 1.30 bits per heavy atom. The predicted octanol–water partition coefficient (Wildman–Crippen LogP) is -0.159. The van der Waals surface area contributed by atoms with Gasteiger partial charge in [-0.1, -0.05) is 13.8 Å². The highest BCUT2D eigenvalue weighted by Crippen LogP contribution is 2.30. The number of nitrogens with one attached hydrogen (secondary N) is 1. The number of rotatable bonds is 7. The van der Waals surface area contributed by atoms with E-state index in [1.165, 1.54) is 6.92 Å². The molecule has 23 heavy (non-hydrogen) atoms. The van der Waals surface area contributed by atoms with Crippen LogP contribution < -0.4 is 16.8 Å². The van der Waals surface area contributed by atoms with Crippen molar-refractivity contribution in [1.29, 1.82) is 0 Å². The molecule has 1 fully saturated rings. The van der Waals surface area contributed by atoms with Crippen molar-refractivity contribution < 1.29 is 19.4 Å². The number of nitrogens with zero attached hydrogens (tertiary/aromatic N) is 1. The molecule has 1 aliphatic rings. The number of ether oxygens (including phenoxy) is 1. The second-order valence-corrected chi connectivity index (χ2v) is 5.99. The van der Waals surface area contributed by atoms with Crippen LogP contribution in [0.4, 0.5) is 0 Å². The predicted molar refractivity (Wildman–Crippen MR) is 86.1 cm³/mol. The van der Waals surface area contributed by atoms with Crippen LogP contribution in [0, 0.1) is 11.8 Å². The van der Waals surface area contributed by atoms with Crippen LogP contribution in [0.25, 0.3) is 0 Å². The van der Waals surface area contributed by atoms with Gasteiger partial charge in [-0.25, -0.2) is 0 Å². The Bertz CT molecular complexity index is 447. The molecule has 0 aromatic heterocycles. The van der Waals surface area contributed by atoms with Crippen LogP contribution in [0.1, 0.15) is 46.5 Å². The maximum Gasteiger partial charge on any atom is 0.313 e. The number of hydrogen-bond acceptors (Lipinski definition) is 5. The Morgan fingerprint density at radius 3 is 2.39 bits per heavy atom. The summed E-state index contributed by atoms with van der Waals surface area (Å²) in [6.45, 7) is 5.31. The van der Waals surface area contributed by atoms with E-state index in [2.05, 4.69) is 10.3 Å². The summed E-state index contributed by atoms with van der Waals surface area (Å²) < 4.78 is 5.47. The van der Waals surface area contributed by atoms with Gasteiger partial charge < -0.3 is 26.6 Å². The molecule has 0 radical (unpaired) electrons. The van der Waals surface area contributed by atoms with Gasteiger partial charge in [0.05, 0.1) is 18.1 Å². The van der Waals surface area contributed by atoms with Gasteiger partial charge in [-0.3, -0.25) is 14.6 Å². The molecular weight excluding hydrogens is 300 g/mol. The molecule has 0 aromatic rings. The number of carbonyl (C=O) groups excluding carboxylic acids is 2. The van der Waals surface area contributed by atoms with Crippen molar-refractivity contribution in [3.05, 3.63) is 0 Å². The molecule has 0 bridgehead atoms. The van der Waals surface area contributed by atoms with E-state index < -0.39 is 24.2 Å². The van der Waals surface area contributed by atoms with Crippen LogP contribution in [0.5, 0.6) is 0 Å². The molecule has 1 amide bonds. The highest BCUT2D eigenvalue weighted by Gasteiger charge is 2.40. The van der Waals surface area contributed by atoms with Crippen LogP contribution in [-0.2, 0) is 14.3 Å². The second-order valence-electron chi connectivity index (χ2n) is 5.99. The minimum atomic E-state index is -0.852. The summed E-state index contributed by atoms with van der Waals surface area (Å²) >= 11 is 0. The van der Waals surface area contributed by atoms with Crippen molar-refractivity contribution in [2.75, 3.05) is 0 Å². The standard InChI is InChI=1S/C15H28N4O4/c1-4-9(5-2)13(18-8(3)20)23-14(22)11-6-10(7-12(11)21)19-15(16)17/h9-13,21H,4-7H2,1-3H3,(H,18,20)(H4,16,17,19)/t10-,11-,12-,13-/m0/s1. The zero-order chi connectivity index (χ0) is 17.6. The lowest BCUT2D eigenvalue weighted by Crippen LogP contribution is -2.44. The number of aliphatic hydroxyl groups excluding tert-OH is 1. The molecule has 0 unspecified atom stereocenters. The van der Waals surface area contributed by atoms with Crippen LogP contribution in [0.15, 0.2) is 4.99 Å². The summed E-state index contributed by atoms with van der Waals surface area (Å²) in [4.78, 5) is 27.7. The highest BCUT2D eigenvalue weighted by atomic mass is 16.6. The first kappa shape index (κ1) is 19.2. The Morgan fingerprint density at radius 2 is 1.91 bits per heavy atom. The van der Waals surface area contributed by atoms with Crippen LogP contribution in [-0.4, -0.2) is 41.3 Å². The minimum Gasteiger partial charge on any atom is -0.441 e. The fourth-order valence-electron chi connectivity index (χ4n) is 2.93. The third kappa shape index (κ3) is 5.70. The summed E-state index contributed by atoms with van der Waals surface area (Å²) in [6.07, 6.45) is 0.623. The van der Waals surface area contributed by atoms with Crippen LogP contribution in [0.2, 0.25) is 0 Å². The van der Waals surface area contributed by atoms with Crippen molar-refractivity contribution >= 4 is 17.8 Å². The lowest BCUT2D eigenvalue weighted by molar-refractivity contribution is -0.163. The molecule has 132 valence electrons. The van der Waals surface area contributed by atoms with E-state index in [9.17, 15) is 14.7 Å². The van der Waals surface area contributed by atoms with Gasteiger partial charge in [-0.05, 0) is 25.7 Å². The van der Waals surface area contributed by atoms with Crippen molar-refractivity contribution in [3.8, 4) is 0 Å². The number of hydrogen-bond donors (Lipinski definition) is 4. The van der Waals surface area contributed by atoms with Gasteiger partial charge in [-0.2, -0.15) is 0 Å². The average Bonchev–Trinajstić information content (AvgIpc) is 2.79. The van der Waals surface area contributed by atoms with Gasteiger partial charge in [0.1, 0.15) is 0 Å². The number of aliphatic hydroxyl groups is 1. The topological polar surface area (TPSA) is 140 Å². The molecule has 1 rings (SSSR count). The van der Waals surface area contributed by atoms with Crippen LogP contribution in [0.3, 0.4) is 0 Å². The van der Waals surface area contributed by atoms with Gasteiger partial charge in [0, 0.05) is 12.8 Å².